The second kappa shape index (κ2) is 8.52. The second-order valence-corrected chi connectivity index (χ2v) is 6.69. The van der Waals surface area contributed by atoms with Crippen molar-refractivity contribution in [2.45, 2.75) is 20.4 Å². The molecule has 28 heavy (non-hydrogen) atoms. The van der Waals surface area contributed by atoms with Crippen LogP contribution in [0.2, 0.25) is 0 Å². The van der Waals surface area contributed by atoms with E-state index in [-0.39, 0.29) is 12.5 Å². The summed E-state index contributed by atoms with van der Waals surface area (Å²) in [5, 5.41) is 7.04. The number of ether oxygens (including phenoxy) is 1. The molecule has 0 spiro atoms. The molecule has 1 aromatic heterocycles. The van der Waals surface area contributed by atoms with Crippen LogP contribution in [0.15, 0.2) is 54.7 Å². The van der Waals surface area contributed by atoms with Crippen LogP contribution in [0.3, 0.4) is 0 Å². The van der Waals surface area contributed by atoms with Crippen molar-refractivity contribution < 1.29 is 14.3 Å². The Labute approximate surface area is 164 Å². The number of aryl methyl sites for hydroxylation is 2. The van der Waals surface area contributed by atoms with Gasteiger partial charge in [0.1, 0.15) is 11.3 Å². The summed E-state index contributed by atoms with van der Waals surface area (Å²) < 4.78 is 6.86. The van der Waals surface area contributed by atoms with Crippen LogP contribution in [-0.2, 0) is 16.1 Å². The molecule has 1 heterocycles. The fraction of sp³-hybridized carbons (Fsp3) is 0.227. The predicted molar refractivity (Wildman–Crippen MR) is 107 cm³/mol. The average molecular weight is 377 g/mol. The molecule has 2 aromatic carbocycles. The Morgan fingerprint density at radius 2 is 1.61 bits per heavy atom. The Bertz CT molecular complexity index is 973. The third-order valence-electron chi connectivity index (χ3n) is 4.38. The van der Waals surface area contributed by atoms with Gasteiger partial charge in [-0.25, -0.2) is 4.79 Å². The van der Waals surface area contributed by atoms with E-state index in [1.165, 1.54) is 12.6 Å². The lowest BCUT2D eigenvalue weighted by Crippen LogP contribution is -2.25. The maximum Gasteiger partial charge on any atom is 0.342 e. The van der Waals surface area contributed by atoms with E-state index in [0.29, 0.717) is 17.8 Å². The third kappa shape index (κ3) is 4.65. The van der Waals surface area contributed by atoms with Crippen LogP contribution >= 0.6 is 0 Å². The Hall–Kier alpha value is -3.41. The van der Waals surface area contributed by atoms with Crippen molar-refractivity contribution in [3.63, 3.8) is 0 Å². The Balaban J connectivity index is 1.92. The standard InChI is InChI=1S/C22H23N3O3/c1-15-4-8-17(9-5-15)12-25-13-19(22(27)28-14-20(26)23-3)21(24-25)18-10-6-16(2)7-11-18/h4-11,13H,12,14H2,1-3H3,(H,23,26). The molecule has 0 fully saturated rings. The topological polar surface area (TPSA) is 73.2 Å². The zero-order valence-electron chi connectivity index (χ0n) is 16.2. The Morgan fingerprint density at radius 3 is 2.21 bits per heavy atom. The van der Waals surface area contributed by atoms with E-state index in [1.54, 1.807) is 10.9 Å². The molecule has 0 saturated carbocycles. The fourth-order valence-electron chi connectivity index (χ4n) is 2.74. The smallest absolute Gasteiger partial charge is 0.342 e. The second-order valence-electron chi connectivity index (χ2n) is 6.69. The van der Waals surface area contributed by atoms with Crippen LogP contribution in [0.1, 0.15) is 27.0 Å². The summed E-state index contributed by atoms with van der Waals surface area (Å²) in [7, 11) is 1.49. The Morgan fingerprint density at radius 1 is 1.00 bits per heavy atom. The van der Waals surface area contributed by atoms with Crippen molar-refractivity contribution in [1.29, 1.82) is 0 Å². The molecule has 3 aromatic rings. The van der Waals surface area contributed by atoms with Gasteiger partial charge in [-0.1, -0.05) is 59.7 Å². The minimum atomic E-state index is -0.575. The summed E-state index contributed by atoms with van der Waals surface area (Å²) in [4.78, 5) is 24.0. The molecule has 6 heteroatoms. The highest BCUT2D eigenvalue weighted by molar-refractivity contribution is 5.97. The number of hydrogen-bond donors (Lipinski definition) is 1. The van der Waals surface area contributed by atoms with Crippen molar-refractivity contribution >= 4 is 11.9 Å². The molecular formula is C22H23N3O3. The minimum absolute atomic E-state index is 0.328. The first-order chi connectivity index (χ1) is 13.5. The first kappa shape index (κ1) is 19.4. The number of nitrogens with zero attached hydrogens (tertiary/aromatic N) is 2. The maximum absolute atomic E-state index is 12.6. The van der Waals surface area contributed by atoms with Gasteiger partial charge < -0.3 is 10.1 Å². The van der Waals surface area contributed by atoms with E-state index >= 15 is 0 Å². The molecule has 0 aliphatic rings. The van der Waals surface area contributed by atoms with E-state index in [4.69, 9.17) is 4.74 Å². The molecule has 0 saturated heterocycles. The summed E-state index contributed by atoms with van der Waals surface area (Å²) in [6.45, 7) is 4.24. The lowest BCUT2D eigenvalue weighted by molar-refractivity contribution is -0.123. The first-order valence-electron chi connectivity index (χ1n) is 9.04. The number of carbonyl (C=O) groups is 2. The monoisotopic (exact) mass is 377 g/mol. The molecule has 1 amide bonds. The third-order valence-corrected chi connectivity index (χ3v) is 4.38. The number of rotatable bonds is 6. The van der Waals surface area contributed by atoms with Crippen molar-refractivity contribution in [2.24, 2.45) is 0 Å². The number of nitrogens with one attached hydrogen (secondary N) is 1. The molecule has 144 valence electrons. The highest BCUT2D eigenvalue weighted by atomic mass is 16.5. The fourth-order valence-corrected chi connectivity index (χ4v) is 2.74. The molecule has 3 rings (SSSR count). The van der Waals surface area contributed by atoms with Gasteiger partial charge in [-0.05, 0) is 19.4 Å². The van der Waals surface area contributed by atoms with Crippen molar-refractivity contribution in [3.8, 4) is 11.3 Å². The normalized spacial score (nSPS) is 10.5. The molecule has 0 unspecified atom stereocenters. The number of amides is 1. The molecule has 0 bridgehead atoms. The highest BCUT2D eigenvalue weighted by Gasteiger charge is 2.20. The molecule has 6 nitrogen and oxygen atoms in total. The van der Waals surface area contributed by atoms with Gasteiger partial charge in [-0.2, -0.15) is 5.10 Å². The van der Waals surface area contributed by atoms with E-state index < -0.39 is 5.97 Å². The predicted octanol–water partition coefficient (Wildman–Crippen LogP) is 3.12. The molecule has 0 atom stereocenters. The number of hydrogen-bond acceptors (Lipinski definition) is 4. The molecule has 0 aliphatic carbocycles. The molecule has 0 radical (unpaired) electrons. The summed E-state index contributed by atoms with van der Waals surface area (Å²) >= 11 is 0. The van der Waals surface area contributed by atoms with Gasteiger partial charge in [-0.15, -0.1) is 0 Å². The van der Waals surface area contributed by atoms with Gasteiger partial charge in [0.05, 0.1) is 6.54 Å². The van der Waals surface area contributed by atoms with Gasteiger partial charge >= 0.3 is 5.97 Å². The van der Waals surface area contributed by atoms with Crippen molar-refractivity contribution in [3.05, 3.63) is 77.0 Å². The van der Waals surface area contributed by atoms with Crippen LogP contribution in [0, 0.1) is 13.8 Å². The zero-order chi connectivity index (χ0) is 20.1. The number of esters is 1. The van der Waals surface area contributed by atoms with E-state index in [1.807, 2.05) is 62.4 Å². The molecule has 0 aliphatic heterocycles. The van der Waals surface area contributed by atoms with Crippen LogP contribution in [-0.4, -0.2) is 35.3 Å². The minimum Gasteiger partial charge on any atom is -0.452 e. The lowest BCUT2D eigenvalue weighted by atomic mass is 10.1. The van der Waals surface area contributed by atoms with Gasteiger partial charge in [0.15, 0.2) is 6.61 Å². The number of aromatic nitrogens is 2. The number of likely N-dealkylation sites (N-methyl/N-ethyl adjacent to an activating group) is 1. The largest absolute Gasteiger partial charge is 0.452 e. The maximum atomic E-state index is 12.6. The van der Waals surface area contributed by atoms with Crippen molar-refractivity contribution in [2.75, 3.05) is 13.7 Å². The summed E-state index contributed by atoms with van der Waals surface area (Å²) in [6.07, 6.45) is 1.67. The van der Waals surface area contributed by atoms with E-state index in [2.05, 4.69) is 10.4 Å². The van der Waals surface area contributed by atoms with Crippen molar-refractivity contribution in [1.82, 2.24) is 15.1 Å². The average Bonchev–Trinajstić information content (AvgIpc) is 3.12. The SMILES string of the molecule is CNC(=O)COC(=O)c1cn(Cc2ccc(C)cc2)nc1-c1ccc(C)cc1. The molecular weight excluding hydrogens is 354 g/mol. The van der Waals surface area contributed by atoms with Gasteiger partial charge in [0, 0.05) is 18.8 Å². The highest BCUT2D eigenvalue weighted by Crippen LogP contribution is 2.24. The zero-order valence-corrected chi connectivity index (χ0v) is 16.2. The van der Waals surface area contributed by atoms with E-state index in [0.717, 1.165) is 16.7 Å². The summed E-state index contributed by atoms with van der Waals surface area (Å²) in [5.41, 5.74) is 5.07. The Kier molecular flexibility index (Phi) is 5.89. The summed E-state index contributed by atoms with van der Waals surface area (Å²) in [6, 6.07) is 15.9. The van der Waals surface area contributed by atoms with Crippen LogP contribution in [0.25, 0.3) is 11.3 Å². The van der Waals surface area contributed by atoms with Crippen LogP contribution in [0.5, 0.6) is 0 Å². The quantitative estimate of drug-likeness (QED) is 0.670. The lowest BCUT2D eigenvalue weighted by Gasteiger charge is -2.04. The van der Waals surface area contributed by atoms with Gasteiger partial charge in [0.25, 0.3) is 5.91 Å². The van der Waals surface area contributed by atoms with Gasteiger partial charge in [0.2, 0.25) is 0 Å². The number of benzene rings is 2. The van der Waals surface area contributed by atoms with Gasteiger partial charge in [-0.3, -0.25) is 9.48 Å². The summed E-state index contributed by atoms with van der Waals surface area (Å²) in [5.74, 6) is -0.938. The van der Waals surface area contributed by atoms with Crippen LogP contribution < -0.4 is 5.32 Å². The van der Waals surface area contributed by atoms with Crippen LogP contribution in [0.4, 0.5) is 0 Å². The number of carbonyl (C=O) groups excluding carboxylic acids is 2. The van der Waals surface area contributed by atoms with E-state index in [9.17, 15) is 9.59 Å². The first-order valence-corrected chi connectivity index (χ1v) is 9.04. The molecule has 1 N–H and O–H groups in total.